The van der Waals surface area contributed by atoms with Crippen LogP contribution in [-0.4, -0.2) is 19.0 Å². The highest BCUT2D eigenvalue weighted by atomic mass is 15.1. The van der Waals surface area contributed by atoms with Gasteiger partial charge in [0.1, 0.15) is 0 Å². The van der Waals surface area contributed by atoms with Crippen LogP contribution in [0, 0.1) is 0 Å². The Labute approximate surface area is 92.1 Å². The topological polar surface area (TPSA) is 29.3 Å². The van der Waals surface area contributed by atoms with Crippen LogP contribution in [0.4, 0.5) is 5.69 Å². The van der Waals surface area contributed by atoms with Crippen molar-refractivity contribution in [2.45, 2.75) is 31.2 Å². The summed E-state index contributed by atoms with van der Waals surface area (Å²) in [6, 6.07) is 8.36. The van der Waals surface area contributed by atoms with Gasteiger partial charge in [0, 0.05) is 11.2 Å². The van der Waals surface area contributed by atoms with E-state index >= 15 is 0 Å². The van der Waals surface area contributed by atoms with E-state index in [9.17, 15) is 0 Å². The first-order chi connectivity index (χ1) is 7.15. The number of anilines is 1. The van der Waals surface area contributed by atoms with Crippen molar-refractivity contribution >= 4 is 5.69 Å². The van der Waals surface area contributed by atoms with Crippen LogP contribution < -0.4 is 5.73 Å². The van der Waals surface area contributed by atoms with E-state index in [2.05, 4.69) is 37.2 Å². The van der Waals surface area contributed by atoms with E-state index in [0.717, 1.165) is 5.69 Å². The summed E-state index contributed by atoms with van der Waals surface area (Å²) in [4.78, 5) is 2.36. The molecule has 0 heterocycles. The molecule has 0 atom stereocenters. The van der Waals surface area contributed by atoms with Crippen molar-refractivity contribution in [3.05, 3.63) is 29.8 Å². The van der Waals surface area contributed by atoms with Gasteiger partial charge < -0.3 is 5.73 Å². The van der Waals surface area contributed by atoms with Crippen LogP contribution in [0.3, 0.4) is 0 Å². The number of hydrogen-bond donors (Lipinski definition) is 1. The van der Waals surface area contributed by atoms with Crippen LogP contribution >= 0.6 is 0 Å². The molecule has 0 radical (unpaired) electrons. The molecule has 15 heavy (non-hydrogen) atoms. The Morgan fingerprint density at radius 1 is 1.20 bits per heavy atom. The zero-order chi connectivity index (χ0) is 10.9. The maximum atomic E-state index is 5.87. The van der Waals surface area contributed by atoms with Crippen molar-refractivity contribution in [3.8, 4) is 0 Å². The largest absolute Gasteiger partial charge is 0.399 e. The first kappa shape index (κ1) is 10.5. The summed E-state index contributed by atoms with van der Waals surface area (Å²) in [6.45, 7) is 0. The molecule has 0 aliphatic heterocycles. The fourth-order valence-electron chi connectivity index (χ4n) is 2.78. The highest BCUT2D eigenvalue weighted by molar-refractivity contribution is 5.43. The standard InChI is InChI=1S/C13H20N2/c1-15(2)13(8-3-4-9-13)11-6-5-7-12(14)10-11/h5-7,10H,3-4,8-9,14H2,1-2H3. The second-order valence-corrected chi connectivity index (χ2v) is 4.76. The average molecular weight is 204 g/mol. The maximum Gasteiger partial charge on any atom is 0.0455 e. The van der Waals surface area contributed by atoms with Gasteiger partial charge in [-0.25, -0.2) is 0 Å². The summed E-state index contributed by atoms with van der Waals surface area (Å²) < 4.78 is 0. The lowest BCUT2D eigenvalue weighted by Gasteiger charge is -2.37. The molecule has 0 bridgehead atoms. The van der Waals surface area contributed by atoms with Gasteiger partial charge in [0.2, 0.25) is 0 Å². The first-order valence-corrected chi connectivity index (χ1v) is 5.69. The van der Waals surface area contributed by atoms with E-state index in [0.29, 0.717) is 0 Å². The Morgan fingerprint density at radius 3 is 2.40 bits per heavy atom. The average Bonchev–Trinajstić information content (AvgIpc) is 2.67. The minimum Gasteiger partial charge on any atom is -0.399 e. The smallest absolute Gasteiger partial charge is 0.0455 e. The van der Waals surface area contributed by atoms with Gasteiger partial charge in [-0.15, -0.1) is 0 Å². The Bertz CT molecular complexity index is 338. The molecule has 82 valence electrons. The second kappa shape index (κ2) is 3.86. The number of nitrogens with two attached hydrogens (primary N) is 1. The SMILES string of the molecule is CN(C)C1(c2cccc(N)c2)CCCC1. The molecule has 2 N–H and O–H groups in total. The van der Waals surface area contributed by atoms with Crippen LogP contribution in [0.5, 0.6) is 0 Å². The zero-order valence-electron chi connectivity index (χ0n) is 9.66. The summed E-state index contributed by atoms with van der Waals surface area (Å²) in [6.07, 6.45) is 5.16. The van der Waals surface area contributed by atoms with E-state index in [4.69, 9.17) is 5.73 Å². The molecule has 1 fully saturated rings. The van der Waals surface area contributed by atoms with E-state index in [1.165, 1.54) is 31.2 Å². The molecule has 0 saturated heterocycles. The Kier molecular flexibility index (Phi) is 2.70. The molecule has 1 aliphatic carbocycles. The van der Waals surface area contributed by atoms with E-state index in [1.807, 2.05) is 6.07 Å². The number of nitrogen functional groups attached to an aromatic ring is 1. The van der Waals surface area contributed by atoms with Gasteiger partial charge in [-0.2, -0.15) is 0 Å². The predicted molar refractivity (Wildman–Crippen MR) is 64.7 cm³/mol. The quantitative estimate of drug-likeness (QED) is 0.750. The fraction of sp³-hybridized carbons (Fsp3) is 0.538. The van der Waals surface area contributed by atoms with Gasteiger partial charge in [-0.1, -0.05) is 25.0 Å². The predicted octanol–water partition coefficient (Wildman–Crippen LogP) is 2.60. The van der Waals surface area contributed by atoms with Gasteiger partial charge in [0.25, 0.3) is 0 Å². The minimum absolute atomic E-state index is 0.232. The van der Waals surface area contributed by atoms with Gasteiger partial charge >= 0.3 is 0 Å². The lowest BCUT2D eigenvalue weighted by Crippen LogP contribution is -2.38. The lowest BCUT2D eigenvalue weighted by atomic mass is 9.87. The summed E-state index contributed by atoms with van der Waals surface area (Å²) in [5.74, 6) is 0. The van der Waals surface area contributed by atoms with Crippen molar-refractivity contribution in [2.75, 3.05) is 19.8 Å². The van der Waals surface area contributed by atoms with Gasteiger partial charge in [-0.3, -0.25) is 4.90 Å². The van der Waals surface area contributed by atoms with Crippen LogP contribution in [0.25, 0.3) is 0 Å². The third-order valence-electron chi connectivity index (χ3n) is 3.71. The Balaban J connectivity index is 2.41. The molecular weight excluding hydrogens is 184 g/mol. The highest BCUT2D eigenvalue weighted by Gasteiger charge is 2.37. The van der Waals surface area contributed by atoms with Crippen LogP contribution in [0.1, 0.15) is 31.2 Å². The van der Waals surface area contributed by atoms with Crippen molar-refractivity contribution in [2.24, 2.45) is 0 Å². The Morgan fingerprint density at radius 2 is 1.87 bits per heavy atom. The van der Waals surface area contributed by atoms with Crippen molar-refractivity contribution in [1.82, 2.24) is 4.90 Å². The second-order valence-electron chi connectivity index (χ2n) is 4.76. The third kappa shape index (κ3) is 1.74. The van der Waals surface area contributed by atoms with Gasteiger partial charge in [-0.05, 0) is 44.6 Å². The first-order valence-electron chi connectivity index (χ1n) is 5.69. The van der Waals surface area contributed by atoms with E-state index < -0.39 is 0 Å². The van der Waals surface area contributed by atoms with Crippen molar-refractivity contribution in [1.29, 1.82) is 0 Å². The molecule has 0 spiro atoms. The summed E-state index contributed by atoms with van der Waals surface area (Å²) >= 11 is 0. The molecule has 2 heteroatoms. The summed E-state index contributed by atoms with van der Waals surface area (Å²) in [7, 11) is 4.35. The third-order valence-corrected chi connectivity index (χ3v) is 3.71. The highest BCUT2D eigenvalue weighted by Crippen LogP contribution is 2.42. The van der Waals surface area contributed by atoms with Crippen LogP contribution in [0.2, 0.25) is 0 Å². The minimum atomic E-state index is 0.232. The number of nitrogens with zero attached hydrogens (tertiary/aromatic N) is 1. The zero-order valence-corrected chi connectivity index (χ0v) is 9.66. The molecule has 0 amide bonds. The van der Waals surface area contributed by atoms with E-state index in [-0.39, 0.29) is 5.54 Å². The fourth-order valence-corrected chi connectivity index (χ4v) is 2.78. The molecule has 1 aromatic carbocycles. The maximum absolute atomic E-state index is 5.87. The molecule has 0 aromatic heterocycles. The summed E-state index contributed by atoms with van der Waals surface area (Å²) in [5, 5.41) is 0. The lowest BCUT2D eigenvalue weighted by molar-refractivity contribution is 0.158. The van der Waals surface area contributed by atoms with Crippen LogP contribution in [-0.2, 0) is 5.54 Å². The number of rotatable bonds is 2. The molecule has 1 aliphatic rings. The van der Waals surface area contributed by atoms with Crippen molar-refractivity contribution in [3.63, 3.8) is 0 Å². The molecule has 2 nitrogen and oxygen atoms in total. The monoisotopic (exact) mass is 204 g/mol. The Hall–Kier alpha value is -1.02. The molecule has 1 saturated carbocycles. The van der Waals surface area contributed by atoms with Crippen LogP contribution in [0.15, 0.2) is 24.3 Å². The number of hydrogen-bond acceptors (Lipinski definition) is 2. The summed E-state index contributed by atoms with van der Waals surface area (Å²) in [5.41, 5.74) is 8.35. The van der Waals surface area contributed by atoms with Gasteiger partial charge in [0.15, 0.2) is 0 Å². The number of benzene rings is 1. The normalized spacial score (nSPS) is 19.7. The van der Waals surface area contributed by atoms with Crippen molar-refractivity contribution < 1.29 is 0 Å². The van der Waals surface area contributed by atoms with Gasteiger partial charge in [0.05, 0.1) is 0 Å². The molecular formula is C13H20N2. The molecule has 1 aromatic rings. The molecule has 0 unspecified atom stereocenters. The molecule has 2 rings (SSSR count). The van der Waals surface area contributed by atoms with E-state index in [1.54, 1.807) is 0 Å².